The molecule has 0 spiro atoms. The Hall–Kier alpha value is -2.66. The molecular formula is C38H52O7. The highest BCUT2D eigenvalue weighted by Crippen LogP contribution is 2.69. The van der Waals surface area contributed by atoms with Crippen LogP contribution in [-0.4, -0.2) is 57.8 Å². The van der Waals surface area contributed by atoms with E-state index in [1.807, 2.05) is 13.0 Å². The van der Waals surface area contributed by atoms with Gasteiger partial charge < -0.3 is 24.8 Å². The molecule has 2 bridgehead atoms. The Morgan fingerprint density at radius 3 is 2.53 bits per heavy atom. The van der Waals surface area contributed by atoms with Crippen molar-refractivity contribution in [1.29, 1.82) is 0 Å². The highest BCUT2D eigenvalue weighted by atomic mass is 16.5. The van der Waals surface area contributed by atoms with Crippen molar-refractivity contribution in [1.82, 2.24) is 0 Å². The Kier molecular flexibility index (Phi) is 9.90. The van der Waals surface area contributed by atoms with Crippen LogP contribution in [0, 0.1) is 39.9 Å². The number of cyclic esters (lactones) is 1. The summed E-state index contributed by atoms with van der Waals surface area (Å²) in [5.41, 5.74) is -2.51. The maximum Gasteiger partial charge on any atom is 0.331 e. The standard InChI is InChI=1S/C38H52O7/c1-26(11-10-14-27-12-6-5-7-13-27)16-17-30(39)38-31(40)19-21-35(2,3)34(38)29-24-36(4,20-9-8-15-32(41)45-29)37(38,43)22-18-28-23-33(42)44-25-28/h5-7,12-13,23,26,29-31,34,39-40,43H,8,10-11,14-19,21-22,24-25H2,1-4H3/t26-,29-,30+,31-,34+,36+,37-,38+/m1/s1. The lowest BCUT2D eigenvalue weighted by molar-refractivity contribution is -0.331. The number of hydrogen-bond donors (Lipinski definition) is 3. The first-order chi connectivity index (χ1) is 21.3. The third-order valence-electron chi connectivity index (χ3n) is 11.7. The molecule has 5 rings (SSSR count). The van der Waals surface area contributed by atoms with Gasteiger partial charge in [0.1, 0.15) is 12.7 Å². The molecule has 246 valence electrons. The van der Waals surface area contributed by atoms with Crippen LogP contribution >= 0.6 is 0 Å². The van der Waals surface area contributed by atoms with Gasteiger partial charge >= 0.3 is 11.9 Å². The van der Waals surface area contributed by atoms with Crippen LogP contribution in [0.2, 0.25) is 0 Å². The Balaban J connectivity index is 1.51. The predicted octanol–water partition coefficient (Wildman–Crippen LogP) is 5.68. The van der Waals surface area contributed by atoms with Crippen LogP contribution in [0.1, 0.15) is 104 Å². The molecule has 7 heteroatoms. The van der Waals surface area contributed by atoms with Crippen molar-refractivity contribution >= 4 is 11.9 Å². The van der Waals surface area contributed by atoms with Crippen molar-refractivity contribution in [2.75, 3.05) is 6.61 Å². The molecule has 2 saturated carbocycles. The highest BCUT2D eigenvalue weighted by Gasteiger charge is 2.76. The van der Waals surface area contributed by atoms with Gasteiger partial charge in [-0.05, 0) is 80.8 Å². The minimum atomic E-state index is -1.65. The molecule has 45 heavy (non-hydrogen) atoms. The molecule has 0 radical (unpaired) electrons. The minimum Gasteiger partial charge on any atom is -0.462 e. The van der Waals surface area contributed by atoms with Gasteiger partial charge in [-0.1, -0.05) is 63.4 Å². The van der Waals surface area contributed by atoms with Crippen LogP contribution in [-0.2, 0) is 25.5 Å². The number of carbonyl (C=O) groups is 2. The zero-order valence-electron chi connectivity index (χ0n) is 27.5. The SMILES string of the molecule is C[C@H](CCCc1ccccc1)CC[C@H](O)[C@]12[C@H](O)CCC(C)(C)[C@@H]1[C@H]1C[C@](C)(C#CCCC(=O)O1)[C@]2(O)CCC1=CC(=O)OC1. The molecule has 0 unspecified atom stereocenters. The second-order valence-corrected chi connectivity index (χ2v) is 15.2. The summed E-state index contributed by atoms with van der Waals surface area (Å²) in [5.74, 6) is 5.61. The topological polar surface area (TPSA) is 113 Å². The van der Waals surface area contributed by atoms with Crippen molar-refractivity contribution in [3.05, 3.63) is 47.5 Å². The molecule has 2 aliphatic heterocycles. The average molecular weight is 621 g/mol. The van der Waals surface area contributed by atoms with Gasteiger partial charge in [0.15, 0.2) is 0 Å². The number of ether oxygens (including phenoxy) is 2. The number of fused-ring (bicyclic) bond motifs is 4. The fraction of sp³-hybridized carbons (Fsp3) is 0.684. The van der Waals surface area contributed by atoms with E-state index in [0.29, 0.717) is 44.4 Å². The van der Waals surface area contributed by atoms with Gasteiger partial charge in [0.05, 0.1) is 35.1 Å². The van der Waals surface area contributed by atoms with Crippen molar-refractivity contribution in [2.24, 2.45) is 28.1 Å². The number of benzene rings is 1. The number of aryl methyl sites for hydroxylation is 1. The summed E-state index contributed by atoms with van der Waals surface area (Å²) in [4.78, 5) is 24.9. The van der Waals surface area contributed by atoms with Crippen molar-refractivity contribution < 1.29 is 34.4 Å². The summed E-state index contributed by atoms with van der Waals surface area (Å²) in [7, 11) is 0. The van der Waals surface area contributed by atoms with E-state index < -0.39 is 52.0 Å². The zero-order chi connectivity index (χ0) is 32.5. The second-order valence-electron chi connectivity index (χ2n) is 15.2. The lowest BCUT2D eigenvalue weighted by Crippen LogP contribution is -2.78. The highest BCUT2D eigenvalue weighted by molar-refractivity contribution is 5.85. The smallest absolute Gasteiger partial charge is 0.331 e. The van der Waals surface area contributed by atoms with Gasteiger partial charge in [-0.25, -0.2) is 4.79 Å². The van der Waals surface area contributed by atoms with Crippen molar-refractivity contribution in [3.8, 4) is 11.8 Å². The van der Waals surface area contributed by atoms with Gasteiger partial charge in [0.2, 0.25) is 0 Å². The van der Waals surface area contributed by atoms with E-state index in [1.54, 1.807) is 0 Å². The van der Waals surface area contributed by atoms with E-state index in [1.165, 1.54) is 11.6 Å². The third kappa shape index (κ3) is 6.35. The number of aliphatic hydroxyl groups is 3. The lowest BCUT2D eigenvalue weighted by Gasteiger charge is -2.70. The molecule has 2 aliphatic carbocycles. The van der Waals surface area contributed by atoms with E-state index in [2.05, 4.69) is 56.9 Å². The number of rotatable bonds is 11. The summed E-state index contributed by atoms with van der Waals surface area (Å²) in [5, 5.41) is 38.2. The molecule has 4 aliphatic rings. The van der Waals surface area contributed by atoms with Crippen LogP contribution in [0.25, 0.3) is 0 Å². The van der Waals surface area contributed by atoms with Gasteiger partial charge in [-0.2, -0.15) is 0 Å². The second kappa shape index (κ2) is 13.2. The maximum atomic E-state index is 13.4. The summed E-state index contributed by atoms with van der Waals surface area (Å²) in [6.07, 6.45) is 5.34. The van der Waals surface area contributed by atoms with Gasteiger partial charge in [-0.15, -0.1) is 5.92 Å². The van der Waals surface area contributed by atoms with Crippen LogP contribution < -0.4 is 0 Å². The van der Waals surface area contributed by atoms with Crippen molar-refractivity contribution in [3.63, 3.8) is 0 Å². The van der Waals surface area contributed by atoms with E-state index in [9.17, 15) is 24.9 Å². The van der Waals surface area contributed by atoms with Gasteiger partial charge in [0, 0.05) is 24.8 Å². The molecule has 1 aromatic rings. The summed E-state index contributed by atoms with van der Waals surface area (Å²) < 4.78 is 11.4. The fourth-order valence-corrected chi connectivity index (χ4v) is 9.40. The van der Waals surface area contributed by atoms with E-state index in [-0.39, 0.29) is 25.4 Å². The van der Waals surface area contributed by atoms with Crippen LogP contribution in [0.5, 0.6) is 0 Å². The Labute approximate surface area is 268 Å². The Bertz CT molecular complexity index is 1320. The predicted molar refractivity (Wildman–Crippen MR) is 172 cm³/mol. The number of aliphatic hydroxyl groups excluding tert-OH is 2. The molecule has 0 aromatic heterocycles. The number of carbonyl (C=O) groups excluding carboxylic acids is 2. The Morgan fingerprint density at radius 1 is 1.07 bits per heavy atom. The number of hydrogen-bond acceptors (Lipinski definition) is 7. The number of esters is 2. The van der Waals surface area contributed by atoms with E-state index in [0.717, 1.165) is 31.3 Å². The maximum absolute atomic E-state index is 13.4. The third-order valence-corrected chi connectivity index (χ3v) is 11.7. The molecule has 3 N–H and O–H groups in total. The average Bonchev–Trinajstić information content (AvgIpc) is 3.44. The quantitative estimate of drug-likeness (QED) is 0.215. The molecule has 8 atom stereocenters. The molecule has 7 nitrogen and oxygen atoms in total. The van der Waals surface area contributed by atoms with E-state index >= 15 is 0 Å². The first-order valence-corrected chi connectivity index (χ1v) is 17.0. The van der Waals surface area contributed by atoms with Crippen LogP contribution in [0.15, 0.2) is 42.0 Å². The van der Waals surface area contributed by atoms with Gasteiger partial charge in [-0.3, -0.25) is 4.79 Å². The zero-order valence-corrected chi connectivity index (χ0v) is 27.5. The molecule has 2 fully saturated rings. The first-order valence-electron chi connectivity index (χ1n) is 17.0. The van der Waals surface area contributed by atoms with Crippen LogP contribution in [0.4, 0.5) is 0 Å². The lowest BCUT2D eigenvalue weighted by atomic mass is 9.37. The monoisotopic (exact) mass is 620 g/mol. The molecule has 0 saturated heterocycles. The van der Waals surface area contributed by atoms with Gasteiger partial charge in [0.25, 0.3) is 0 Å². The normalized spacial score (nSPS) is 35.3. The summed E-state index contributed by atoms with van der Waals surface area (Å²) in [6.45, 7) is 8.50. The summed E-state index contributed by atoms with van der Waals surface area (Å²) >= 11 is 0. The fourth-order valence-electron chi connectivity index (χ4n) is 9.40. The van der Waals surface area contributed by atoms with Crippen molar-refractivity contribution in [2.45, 2.75) is 129 Å². The summed E-state index contributed by atoms with van der Waals surface area (Å²) in [6, 6.07) is 10.4. The Morgan fingerprint density at radius 2 is 1.82 bits per heavy atom. The minimum absolute atomic E-state index is 0.163. The largest absolute Gasteiger partial charge is 0.462 e. The van der Waals surface area contributed by atoms with Crippen LogP contribution in [0.3, 0.4) is 0 Å². The molecule has 2 heterocycles. The molecular weight excluding hydrogens is 568 g/mol. The molecule has 1 aromatic carbocycles. The molecule has 0 amide bonds. The van der Waals surface area contributed by atoms with E-state index in [4.69, 9.17) is 9.47 Å². The first kappa shape index (κ1) is 33.7.